The summed E-state index contributed by atoms with van der Waals surface area (Å²) in [4.78, 5) is 22.4. The summed E-state index contributed by atoms with van der Waals surface area (Å²) in [6, 6.07) is 0. The van der Waals surface area contributed by atoms with Gasteiger partial charge in [0.05, 0.1) is 5.92 Å². The van der Waals surface area contributed by atoms with E-state index >= 15 is 0 Å². The molecule has 0 radical (unpaired) electrons. The van der Waals surface area contributed by atoms with E-state index in [0.717, 1.165) is 0 Å². The molecule has 0 bridgehead atoms. The van der Waals surface area contributed by atoms with Gasteiger partial charge in [0.2, 0.25) is 0 Å². The first-order chi connectivity index (χ1) is 7.41. The fraction of sp³-hybridized carbons (Fsp3) is 0.200. The van der Waals surface area contributed by atoms with Crippen LogP contribution in [0.5, 0.6) is 0 Å². The highest BCUT2D eigenvalue weighted by molar-refractivity contribution is 7.90. The van der Waals surface area contributed by atoms with Crippen LogP contribution >= 0.6 is 0 Å². The van der Waals surface area contributed by atoms with Crippen LogP contribution in [0, 0.1) is 5.92 Å². The van der Waals surface area contributed by atoms with Gasteiger partial charge in [-0.25, -0.2) is 0 Å². The Morgan fingerprint density at radius 3 is 2.62 bits per heavy atom. The smallest absolute Gasteiger partial charge is 0.293 e. The van der Waals surface area contributed by atoms with Crippen molar-refractivity contribution in [3.8, 4) is 0 Å². The van der Waals surface area contributed by atoms with Gasteiger partial charge >= 0.3 is 0 Å². The average Bonchev–Trinajstić information content (AvgIpc) is 2.22. The van der Waals surface area contributed by atoms with Gasteiger partial charge in [-0.15, -0.1) is 0 Å². The summed E-state index contributed by atoms with van der Waals surface area (Å²) in [5.74, 6) is -2.04. The van der Waals surface area contributed by atoms with Gasteiger partial charge in [0.1, 0.15) is 4.91 Å². The van der Waals surface area contributed by atoms with Gasteiger partial charge in [-0.3, -0.25) is 14.1 Å². The highest BCUT2D eigenvalue weighted by Crippen LogP contribution is 2.31. The summed E-state index contributed by atoms with van der Waals surface area (Å²) >= 11 is 0. The van der Waals surface area contributed by atoms with Crippen LogP contribution in [0.25, 0.3) is 0 Å². The van der Waals surface area contributed by atoms with Crippen LogP contribution in [0.3, 0.4) is 0 Å². The van der Waals surface area contributed by atoms with Crippen molar-refractivity contribution in [3.05, 3.63) is 34.8 Å². The molecule has 1 unspecified atom stereocenters. The lowest BCUT2D eigenvalue weighted by atomic mass is 9.82. The number of rotatable bonds is 1. The van der Waals surface area contributed by atoms with Crippen molar-refractivity contribution >= 4 is 21.7 Å². The van der Waals surface area contributed by atoms with Crippen LogP contribution in [0.1, 0.15) is 6.42 Å². The van der Waals surface area contributed by atoms with Crippen LogP contribution < -0.4 is 0 Å². The van der Waals surface area contributed by atoms with E-state index in [2.05, 4.69) is 0 Å². The van der Waals surface area contributed by atoms with Crippen LogP contribution in [0.2, 0.25) is 0 Å². The minimum absolute atomic E-state index is 0.278. The number of allylic oxidation sites excluding steroid dienone is 6. The van der Waals surface area contributed by atoms with E-state index in [4.69, 9.17) is 4.55 Å². The molecule has 16 heavy (non-hydrogen) atoms. The number of carbonyl (C=O) groups is 2. The maximum atomic E-state index is 11.7. The third kappa shape index (κ3) is 1.66. The summed E-state index contributed by atoms with van der Waals surface area (Å²) in [7, 11) is -4.62. The van der Waals surface area contributed by atoms with E-state index in [0.29, 0.717) is 6.08 Å². The predicted octanol–water partition coefficient (Wildman–Crippen LogP) is 0.412. The molecule has 1 N–H and O–H groups in total. The van der Waals surface area contributed by atoms with Gasteiger partial charge in [-0.2, -0.15) is 8.42 Å². The fourth-order valence-electron chi connectivity index (χ4n) is 1.78. The number of fused-ring (bicyclic) bond motifs is 1. The molecule has 0 saturated carbocycles. The molecule has 0 aromatic heterocycles. The second kappa shape index (κ2) is 3.50. The summed E-state index contributed by atoms with van der Waals surface area (Å²) in [6.07, 6.45) is 5.77. The van der Waals surface area contributed by atoms with Gasteiger partial charge in [0.25, 0.3) is 10.1 Å². The quantitative estimate of drug-likeness (QED) is 0.671. The molecule has 0 saturated heterocycles. The lowest BCUT2D eigenvalue weighted by Crippen LogP contribution is -2.31. The zero-order valence-electron chi connectivity index (χ0n) is 8.08. The van der Waals surface area contributed by atoms with Crippen LogP contribution in [0.15, 0.2) is 34.8 Å². The van der Waals surface area contributed by atoms with Crippen LogP contribution in [-0.4, -0.2) is 24.5 Å². The molecule has 0 spiro atoms. The van der Waals surface area contributed by atoms with Crippen LogP contribution in [-0.2, 0) is 19.7 Å². The van der Waals surface area contributed by atoms with E-state index in [-0.39, 0.29) is 12.0 Å². The van der Waals surface area contributed by atoms with Crippen molar-refractivity contribution in [3.63, 3.8) is 0 Å². The van der Waals surface area contributed by atoms with Crippen molar-refractivity contribution in [2.45, 2.75) is 6.42 Å². The Morgan fingerprint density at radius 2 is 2.00 bits per heavy atom. The first kappa shape index (κ1) is 11.0. The number of hydrogen-bond acceptors (Lipinski definition) is 4. The zero-order valence-corrected chi connectivity index (χ0v) is 8.90. The third-order valence-electron chi connectivity index (χ3n) is 2.54. The first-order valence-electron chi connectivity index (χ1n) is 4.55. The monoisotopic (exact) mass is 240 g/mol. The Morgan fingerprint density at radius 1 is 1.31 bits per heavy atom. The Labute approximate surface area is 91.9 Å². The number of ketones is 2. The second-order valence-electron chi connectivity index (χ2n) is 3.55. The molecule has 2 rings (SSSR count). The van der Waals surface area contributed by atoms with Gasteiger partial charge in [-0.1, -0.05) is 18.2 Å². The molecule has 0 aromatic carbocycles. The molecular weight excluding hydrogens is 232 g/mol. The van der Waals surface area contributed by atoms with Gasteiger partial charge in [0, 0.05) is 11.6 Å². The summed E-state index contributed by atoms with van der Waals surface area (Å²) in [5.41, 5.74) is 0.278. The molecule has 2 aliphatic carbocycles. The van der Waals surface area contributed by atoms with Crippen molar-refractivity contribution in [2.24, 2.45) is 5.92 Å². The standard InChI is InChI=1S/C10H8O5S/c11-8-5-9(16(13,14)15)10(12)7-4-2-1-3-6(7)8/h1-3,5,7H,4H2,(H,13,14,15). The maximum Gasteiger partial charge on any atom is 0.298 e. The molecule has 84 valence electrons. The van der Waals surface area contributed by atoms with E-state index < -0.39 is 32.5 Å². The molecule has 0 aromatic rings. The van der Waals surface area contributed by atoms with E-state index in [9.17, 15) is 18.0 Å². The first-order valence-corrected chi connectivity index (χ1v) is 5.99. The summed E-state index contributed by atoms with van der Waals surface area (Å²) in [5, 5.41) is 0. The average molecular weight is 240 g/mol. The molecule has 5 nitrogen and oxygen atoms in total. The van der Waals surface area contributed by atoms with E-state index in [1.54, 1.807) is 12.2 Å². The Hall–Kier alpha value is -1.53. The number of Topliss-reactive ketones (excluding diaryl/α,β-unsaturated/α-hetero) is 1. The summed E-state index contributed by atoms with van der Waals surface area (Å²) in [6.45, 7) is 0. The topological polar surface area (TPSA) is 88.5 Å². The van der Waals surface area contributed by atoms with Gasteiger partial charge in [-0.05, 0) is 6.42 Å². The molecule has 6 heteroatoms. The van der Waals surface area contributed by atoms with Crippen molar-refractivity contribution < 1.29 is 22.6 Å². The highest BCUT2D eigenvalue weighted by Gasteiger charge is 2.38. The number of hydrogen-bond donors (Lipinski definition) is 1. The summed E-state index contributed by atoms with van der Waals surface area (Å²) < 4.78 is 30.6. The van der Waals surface area contributed by atoms with Crippen molar-refractivity contribution in [1.82, 2.24) is 0 Å². The molecule has 0 fully saturated rings. The van der Waals surface area contributed by atoms with E-state index in [1.165, 1.54) is 6.08 Å². The molecule has 1 atom stereocenters. The highest BCUT2D eigenvalue weighted by atomic mass is 32.2. The third-order valence-corrected chi connectivity index (χ3v) is 3.42. The minimum Gasteiger partial charge on any atom is -0.293 e. The SMILES string of the molecule is O=C1C=C(S(=O)(=O)O)C(=O)C2CC=CC=C12. The van der Waals surface area contributed by atoms with E-state index in [1.807, 2.05) is 0 Å². The largest absolute Gasteiger partial charge is 0.298 e. The molecule has 0 amide bonds. The lowest BCUT2D eigenvalue weighted by molar-refractivity contribution is -0.121. The molecule has 0 heterocycles. The van der Waals surface area contributed by atoms with Gasteiger partial charge < -0.3 is 0 Å². The normalized spacial score (nSPS) is 24.9. The zero-order chi connectivity index (χ0) is 11.9. The fourth-order valence-corrected chi connectivity index (χ4v) is 2.43. The number of carbonyl (C=O) groups excluding carboxylic acids is 2. The second-order valence-corrected chi connectivity index (χ2v) is 4.94. The molecule has 0 aliphatic heterocycles. The van der Waals surface area contributed by atoms with Crippen molar-refractivity contribution in [2.75, 3.05) is 0 Å². The van der Waals surface area contributed by atoms with Crippen LogP contribution in [0.4, 0.5) is 0 Å². The molecular formula is C10H8O5S. The Balaban J connectivity index is 2.57. The lowest BCUT2D eigenvalue weighted by Gasteiger charge is -2.22. The van der Waals surface area contributed by atoms with Gasteiger partial charge in [0.15, 0.2) is 11.6 Å². The Kier molecular flexibility index (Phi) is 2.40. The Bertz CT molecular complexity index is 562. The maximum absolute atomic E-state index is 11.7. The minimum atomic E-state index is -4.62. The van der Waals surface area contributed by atoms with Crippen molar-refractivity contribution in [1.29, 1.82) is 0 Å². The predicted molar refractivity (Wildman–Crippen MR) is 55.0 cm³/mol. The molecule has 2 aliphatic rings.